The Labute approximate surface area is 110 Å². The van der Waals surface area contributed by atoms with E-state index in [1.165, 1.54) is 6.07 Å². The number of hydrogen-bond donors (Lipinski definition) is 2. The minimum absolute atomic E-state index is 0.304. The molecule has 0 amide bonds. The van der Waals surface area contributed by atoms with Crippen molar-refractivity contribution in [2.45, 2.75) is 12.7 Å². The molecule has 0 aliphatic rings. The highest BCUT2D eigenvalue weighted by Crippen LogP contribution is 2.20. The molecule has 19 heavy (non-hydrogen) atoms. The molecule has 98 valence electrons. The van der Waals surface area contributed by atoms with E-state index in [1.54, 1.807) is 18.2 Å². The third-order valence-electron chi connectivity index (χ3n) is 2.66. The monoisotopic (exact) mass is 258 g/mol. The number of hydrogen-bond acceptors (Lipinski definition) is 3. The highest BCUT2D eigenvalue weighted by molar-refractivity contribution is 5.74. The molecule has 4 heteroatoms. The summed E-state index contributed by atoms with van der Waals surface area (Å²) < 4.78 is 5.56. The van der Waals surface area contributed by atoms with Crippen molar-refractivity contribution in [2.24, 2.45) is 0 Å². The summed E-state index contributed by atoms with van der Waals surface area (Å²) in [5, 5.41) is 18.2. The van der Waals surface area contributed by atoms with Crippen LogP contribution < -0.4 is 4.74 Å². The van der Waals surface area contributed by atoms with E-state index in [0.29, 0.717) is 17.9 Å². The van der Waals surface area contributed by atoms with Crippen LogP contribution in [0.15, 0.2) is 54.6 Å². The number of ether oxygens (including phenoxy) is 1. The second-order valence-corrected chi connectivity index (χ2v) is 4.09. The van der Waals surface area contributed by atoms with Gasteiger partial charge in [-0.3, -0.25) is 0 Å². The molecule has 2 N–H and O–H groups in total. The number of carbonyl (C=O) groups is 1. The van der Waals surface area contributed by atoms with Crippen molar-refractivity contribution in [3.8, 4) is 5.75 Å². The molecule has 0 bridgehead atoms. The lowest BCUT2D eigenvalue weighted by Gasteiger charge is -2.10. The fraction of sp³-hybridized carbons (Fsp3) is 0.133. The Morgan fingerprint density at radius 3 is 2.53 bits per heavy atom. The third-order valence-corrected chi connectivity index (χ3v) is 2.66. The summed E-state index contributed by atoms with van der Waals surface area (Å²) in [5.74, 6) is -0.748. The molecule has 0 aromatic heterocycles. The number of aliphatic hydroxyl groups is 1. The summed E-state index contributed by atoms with van der Waals surface area (Å²) in [7, 11) is 0. The SMILES string of the molecule is O=C(O)[C@H](O)c1cccc(OCc2ccccc2)c1. The number of aliphatic hydroxyl groups excluding tert-OH is 1. The summed E-state index contributed by atoms with van der Waals surface area (Å²) >= 11 is 0. The van der Waals surface area contributed by atoms with Gasteiger partial charge in [0.15, 0.2) is 6.10 Å². The normalized spacial score (nSPS) is 11.8. The molecule has 0 saturated carbocycles. The van der Waals surface area contributed by atoms with Crippen LogP contribution in [0.4, 0.5) is 0 Å². The number of carboxylic acid groups (broad SMARTS) is 1. The molecule has 2 aromatic carbocycles. The van der Waals surface area contributed by atoms with Gasteiger partial charge in [-0.05, 0) is 23.3 Å². The molecule has 0 fully saturated rings. The molecule has 0 spiro atoms. The standard InChI is InChI=1S/C15H14O4/c16-14(15(17)18)12-7-4-8-13(9-12)19-10-11-5-2-1-3-6-11/h1-9,14,16H,10H2,(H,17,18)/t14-/m1/s1. The van der Waals surface area contributed by atoms with Crippen LogP contribution in [-0.4, -0.2) is 16.2 Å². The predicted molar refractivity (Wildman–Crippen MR) is 69.8 cm³/mol. The number of rotatable bonds is 5. The van der Waals surface area contributed by atoms with Crippen molar-refractivity contribution in [3.05, 3.63) is 65.7 Å². The van der Waals surface area contributed by atoms with Crippen LogP contribution in [0.25, 0.3) is 0 Å². The quantitative estimate of drug-likeness (QED) is 0.864. The van der Waals surface area contributed by atoms with Gasteiger partial charge in [-0.2, -0.15) is 0 Å². The molecule has 2 rings (SSSR count). The van der Waals surface area contributed by atoms with E-state index >= 15 is 0 Å². The summed E-state index contributed by atoms with van der Waals surface area (Å²) in [5.41, 5.74) is 1.32. The van der Waals surface area contributed by atoms with Gasteiger partial charge in [0.1, 0.15) is 12.4 Å². The molecule has 0 aliphatic carbocycles. The fourth-order valence-electron chi connectivity index (χ4n) is 1.66. The summed E-state index contributed by atoms with van der Waals surface area (Å²) in [6.07, 6.45) is -1.53. The summed E-state index contributed by atoms with van der Waals surface area (Å²) in [6, 6.07) is 16.1. The van der Waals surface area contributed by atoms with E-state index < -0.39 is 12.1 Å². The van der Waals surface area contributed by atoms with Crippen molar-refractivity contribution in [1.29, 1.82) is 0 Å². The van der Waals surface area contributed by atoms with E-state index in [2.05, 4.69) is 0 Å². The Bertz CT molecular complexity index is 551. The van der Waals surface area contributed by atoms with E-state index in [4.69, 9.17) is 9.84 Å². The average Bonchev–Trinajstić information content (AvgIpc) is 2.45. The molecule has 0 aliphatic heterocycles. The highest BCUT2D eigenvalue weighted by atomic mass is 16.5. The van der Waals surface area contributed by atoms with Crippen LogP contribution in [0.5, 0.6) is 5.75 Å². The molecule has 0 unspecified atom stereocenters. The second-order valence-electron chi connectivity index (χ2n) is 4.09. The Kier molecular flexibility index (Phi) is 4.15. The first-order chi connectivity index (χ1) is 9.16. The topological polar surface area (TPSA) is 66.8 Å². The number of aliphatic carboxylic acids is 1. The second kappa shape index (κ2) is 6.02. The lowest BCUT2D eigenvalue weighted by Crippen LogP contribution is -2.10. The Balaban J connectivity index is 2.05. The van der Waals surface area contributed by atoms with Crippen LogP contribution in [0.2, 0.25) is 0 Å². The Hall–Kier alpha value is -2.33. The maximum Gasteiger partial charge on any atom is 0.337 e. The molecule has 0 heterocycles. The van der Waals surface area contributed by atoms with Gasteiger partial charge in [0.2, 0.25) is 0 Å². The molecule has 0 saturated heterocycles. The fourth-order valence-corrected chi connectivity index (χ4v) is 1.66. The van der Waals surface area contributed by atoms with Crippen molar-refractivity contribution < 1.29 is 19.7 Å². The zero-order valence-corrected chi connectivity index (χ0v) is 10.2. The van der Waals surface area contributed by atoms with Gasteiger partial charge in [-0.1, -0.05) is 42.5 Å². The third kappa shape index (κ3) is 3.56. The number of carboxylic acids is 1. The highest BCUT2D eigenvalue weighted by Gasteiger charge is 2.16. The van der Waals surface area contributed by atoms with Crippen molar-refractivity contribution in [3.63, 3.8) is 0 Å². The molecule has 4 nitrogen and oxygen atoms in total. The summed E-state index contributed by atoms with van der Waals surface area (Å²) in [4.78, 5) is 10.7. The predicted octanol–water partition coefficient (Wildman–Crippen LogP) is 2.38. The average molecular weight is 258 g/mol. The molecular formula is C15H14O4. The van der Waals surface area contributed by atoms with Crippen LogP contribution in [0, 0.1) is 0 Å². The Morgan fingerprint density at radius 1 is 1.11 bits per heavy atom. The van der Waals surface area contributed by atoms with Gasteiger partial charge in [0.05, 0.1) is 0 Å². The van der Waals surface area contributed by atoms with Gasteiger partial charge in [-0.25, -0.2) is 4.79 Å². The lowest BCUT2D eigenvalue weighted by atomic mass is 10.1. The van der Waals surface area contributed by atoms with Crippen molar-refractivity contribution >= 4 is 5.97 Å². The maximum absolute atomic E-state index is 10.7. The first-order valence-corrected chi connectivity index (χ1v) is 5.84. The largest absolute Gasteiger partial charge is 0.489 e. The minimum Gasteiger partial charge on any atom is -0.489 e. The Morgan fingerprint density at radius 2 is 1.84 bits per heavy atom. The van der Waals surface area contributed by atoms with Gasteiger partial charge >= 0.3 is 5.97 Å². The molecule has 0 radical (unpaired) electrons. The molecule has 2 aromatic rings. The van der Waals surface area contributed by atoms with Crippen molar-refractivity contribution in [1.82, 2.24) is 0 Å². The minimum atomic E-state index is -1.53. The van der Waals surface area contributed by atoms with E-state index in [-0.39, 0.29) is 0 Å². The molecular weight excluding hydrogens is 244 g/mol. The van der Waals surface area contributed by atoms with E-state index in [1.807, 2.05) is 30.3 Å². The van der Waals surface area contributed by atoms with Crippen molar-refractivity contribution in [2.75, 3.05) is 0 Å². The van der Waals surface area contributed by atoms with Gasteiger partial charge in [0.25, 0.3) is 0 Å². The van der Waals surface area contributed by atoms with E-state index in [0.717, 1.165) is 5.56 Å². The van der Waals surface area contributed by atoms with Crippen LogP contribution in [0.1, 0.15) is 17.2 Å². The van der Waals surface area contributed by atoms with Gasteiger partial charge < -0.3 is 14.9 Å². The van der Waals surface area contributed by atoms with Crippen LogP contribution in [0.3, 0.4) is 0 Å². The zero-order valence-electron chi connectivity index (χ0n) is 10.2. The van der Waals surface area contributed by atoms with E-state index in [9.17, 15) is 9.90 Å². The number of benzene rings is 2. The summed E-state index contributed by atoms with van der Waals surface area (Å²) in [6.45, 7) is 0.396. The first-order valence-electron chi connectivity index (χ1n) is 5.84. The molecule has 1 atom stereocenters. The maximum atomic E-state index is 10.7. The van der Waals surface area contributed by atoms with Gasteiger partial charge in [0, 0.05) is 0 Å². The van der Waals surface area contributed by atoms with Gasteiger partial charge in [-0.15, -0.1) is 0 Å². The van der Waals surface area contributed by atoms with Crippen LogP contribution in [-0.2, 0) is 11.4 Å². The first kappa shape index (κ1) is 13.1. The zero-order chi connectivity index (χ0) is 13.7. The lowest BCUT2D eigenvalue weighted by molar-refractivity contribution is -0.146. The smallest absolute Gasteiger partial charge is 0.337 e. The van der Waals surface area contributed by atoms with Crippen LogP contribution >= 0.6 is 0 Å².